The van der Waals surface area contributed by atoms with Crippen LogP contribution >= 0.6 is 15.9 Å². The van der Waals surface area contributed by atoms with Gasteiger partial charge in [0.2, 0.25) is 0 Å². The maximum atomic E-state index is 12.2. The second kappa shape index (κ2) is 8.73. The number of nitrogens with one attached hydrogen (secondary N) is 1. The van der Waals surface area contributed by atoms with Gasteiger partial charge in [0.05, 0.1) is 0 Å². The Hall–Kier alpha value is -1.81. The van der Waals surface area contributed by atoms with E-state index in [-0.39, 0.29) is 11.9 Å². The van der Waals surface area contributed by atoms with Gasteiger partial charge in [-0.05, 0) is 56.5 Å². The Bertz CT molecular complexity index is 613. The molecule has 2 atom stereocenters. The number of amides is 1. The highest BCUT2D eigenvalue weighted by atomic mass is 79.9. The van der Waals surface area contributed by atoms with Crippen molar-refractivity contribution in [2.75, 3.05) is 0 Å². The number of carbonyl (C=O) groups excluding carboxylic acids is 1. The Balaban J connectivity index is 1.77. The van der Waals surface area contributed by atoms with Crippen LogP contribution in [0.4, 0.5) is 0 Å². The van der Waals surface area contributed by atoms with Crippen LogP contribution in [0.5, 0.6) is 5.75 Å². The van der Waals surface area contributed by atoms with Gasteiger partial charge in [0.15, 0.2) is 6.10 Å². The lowest BCUT2D eigenvalue weighted by atomic mass is 10.1. The molecular weight excluding hydrogens is 354 g/mol. The van der Waals surface area contributed by atoms with Gasteiger partial charge in [-0.1, -0.05) is 46.3 Å². The Morgan fingerprint density at radius 2 is 1.74 bits per heavy atom. The molecule has 0 unspecified atom stereocenters. The highest BCUT2D eigenvalue weighted by molar-refractivity contribution is 9.10. The standard InChI is InChI=1S/C19H22BrNO2/c1-14(8-9-16-6-4-3-5-7-16)21-19(22)15(2)23-18-12-10-17(20)11-13-18/h3-7,10-15H,8-9H2,1-2H3,(H,21,22)/t14-,15+/m1/s1. The van der Waals surface area contributed by atoms with Gasteiger partial charge in [0.25, 0.3) is 5.91 Å². The van der Waals surface area contributed by atoms with Crippen molar-refractivity contribution in [3.8, 4) is 5.75 Å². The van der Waals surface area contributed by atoms with Crippen LogP contribution in [0.1, 0.15) is 25.8 Å². The first kappa shape index (κ1) is 17.5. The molecule has 0 fully saturated rings. The molecule has 1 N–H and O–H groups in total. The van der Waals surface area contributed by atoms with E-state index >= 15 is 0 Å². The summed E-state index contributed by atoms with van der Waals surface area (Å²) in [6.45, 7) is 3.79. The van der Waals surface area contributed by atoms with Gasteiger partial charge in [-0.3, -0.25) is 4.79 Å². The minimum absolute atomic E-state index is 0.0894. The topological polar surface area (TPSA) is 38.3 Å². The van der Waals surface area contributed by atoms with E-state index < -0.39 is 6.10 Å². The average molecular weight is 376 g/mol. The van der Waals surface area contributed by atoms with Crippen molar-refractivity contribution < 1.29 is 9.53 Å². The number of ether oxygens (including phenoxy) is 1. The van der Waals surface area contributed by atoms with Crippen LogP contribution in [0.15, 0.2) is 59.1 Å². The lowest BCUT2D eigenvalue weighted by Crippen LogP contribution is -2.41. The minimum Gasteiger partial charge on any atom is -0.481 e. The molecule has 0 aliphatic carbocycles. The van der Waals surface area contributed by atoms with Crippen molar-refractivity contribution in [2.45, 2.75) is 38.8 Å². The van der Waals surface area contributed by atoms with Crippen molar-refractivity contribution in [1.29, 1.82) is 0 Å². The number of rotatable bonds is 7. The van der Waals surface area contributed by atoms with E-state index in [9.17, 15) is 4.79 Å². The van der Waals surface area contributed by atoms with Crippen LogP contribution in [0.3, 0.4) is 0 Å². The molecule has 0 saturated heterocycles. The minimum atomic E-state index is -0.518. The van der Waals surface area contributed by atoms with E-state index in [0.29, 0.717) is 5.75 Å². The number of benzene rings is 2. The quantitative estimate of drug-likeness (QED) is 0.780. The van der Waals surface area contributed by atoms with Gasteiger partial charge in [-0.2, -0.15) is 0 Å². The van der Waals surface area contributed by atoms with Gasteiger partial charge in [0.1, 0.15) is 5.75 Å². The first-order chi connectivity index (χ1) is 11.0. The van der Waals surface area contributed by atoms with Crippen molar-refractivity contribution >= 4 is 21.8 Å². The molecule has 0 spiro atoms. The highest BCUT2D eigenvalue weighted by Crippen LogP contribution is 2.17. The number of hydrogen-bond acceptors (Lipinski definition) is 2. The Kier molecular flexibility index (Phi) is 6.66. The second-order valence-corrected chi connectivity index (χ2v) is 6.56. The molecule has 0 aliphatic heterocycles. The second-order valence-electron chi connectivity index (χ2n) is 5.65. The molecule has 1 amide bonds. The molecule has 0 aromatic heterocycles. The summed E-state index contributed by atoms with van der Waals surface area (Å²) in [5.74, 6) is 0.598. The van der Waals surface area contributed by atoms with Gasteiger partial charge < -0.3 is 10.1 Å². The van der Waals surface area contributed by atoms with Crippen LogP contribution < -0.4 is 10.1 Å². The number of aryl methyl sites for hydroxylation is 1. The van der Waals surface area contributed by atoms with E-state index in [1.807, 2.05) is 49.4 Å². The van der Waals surface area contributed by atoms with Gasteiger partial charge in [0, 0.05) is 10.5 Å². The summed E-state index contributed by atoms with van der Waals surface area (Å²) in [7, 11) is 0. The Morgan fingerprint density at radius 1 is 1.09 bits per heavy atom. The molecule has 23 heavy (non-hydrogen) atoms. The van der Waals surface area contributed by atoms with Crippen molar-refractivity contribution in [3.05, 3.63) is 64.6 Å². The Labute approximate surface area is 146 Å². The maximum absolute atomic E-state index is 12.2. The SMILES string of the molecule is C[C@H](CCc1ccccc1)NC(=O)[C@H](C)Oc1ccc(Br)cc1. The molecule has 0 saturated carbocycles. The fourth-order valence-electron chi connectivity index (χ4n) is 2.23. The van der Waals surface area contributed by atoms with Crippen molar-refractivity contribution in [2.24, 2.45) is 0 Å². The fraction of sp³-hybridized carbons (Fsp3) is 0.316. The molecule has 122 valence electrons. The van der Waals surface area contributed by atoms with E-state index in [1.54, 1.807) is 6.92 Å². The summed E-state index contributed by atoms with van der Waals surface area (Å²) in [5, 5.41) is 3.01. The zero-order chi connectivity index (χ0) is 16.7. The third kappa shape index (κ3) is 6.06. The molecule has 0 bridgehead atoms. The normalized spacial score (nSPS) is 13.2. The Morgan fingerprint density at radius 3 is 2.39 bits per heavy atom. The van der Waals surface area contributed by atoms with E-state index in [1.165, 1.54) is 5.56 Å². The molecule has 2 aromatic rings. The van der Waals surface area contributed by atoms with Crippen molar-refractivity contribution in [1.82, 2.24) is 5.32 Å². The summed E-state index contributed by atoms with van der Waals surface area (Å²) in [4.78, 5) is 12.2. The molecule has 2 aromatic carbocycles. The predicted molar refractivity (Wildman–Crippen MR) is 96.6 cm³/mol. The molecule has 4 heteroatoms. The number of halogens is 1. The molecule has 2 rings (SSSR count). The first-order valence-electron chi connectivity index (χ1n) is 7.81. The summed E-state index contributed by atoms with van der Waals surface area (Å²) in [5.41, 5.74) is 1.28. The van der Waals surface area contributed by atoms with Crippen LogP contribution in [0.25, 0.3) is 0 Å². The van der Waals surface area contributed by atoms with Crippen molar-refractivity contribution in [3.63, 3.8) is 0 Å². The van der Waals surface area contributed by atoms with E-state index in [4.69, 9.17) is 4.74 Å². The zero-order valence-corrected chi connectivity index (χ0v) is 15.0. The summed E-state index contributed by atoms with van der Waals surface area (Å²) < 4.78 is 6.64. The highest BCUT2D eigenvalue weighted by Gasteiger charge is 2.16. The third-order valence-electron chi connectivity index (χ3n) is 3.59. The van der Waals surface area contributed by atoms with Gasteiger partial charge >= 0.3 is 0 Å². The zero-order valence-electron chi connectivity index (χ0n) is 13.5. The summed E-state index contributed by atoms with van der Waals surface area (Å²) in [6, 6.07) is 17.9. The summed E-state index contributed by atoms with van der Waals surface area (Å²) >= 11 is 3.37. The van der Waals surface area contributed by atoms with Crippen LogP contribution in [-0.2, 0) is 11.2 Å². The van der Waals surface area contributed by atoms with Crippen LogP contribution in [0.2, 0.25) is 0 Å². The maximum Gasteiger partial charge on any atom is 0.260 e. The van der Waals surface area contributed by atoms with Crippen LogP contribution in [-0.4, -0.2) is 18.1 Å². The predicted octanol–water partition coefficient (Wildman–Crippen LogP) is 4.35. The number of hydrogen-bond donors (Lipinski definition) is 1. The largest absolute Gasteiger partial charge is 0.481 e. The van der Waals surface area contributed by atoms with Gasteiger partial charge in [-0.15, -0.1) is 0 Å². The fourth-order valence-corrected chi connectivity index (χ4v) is 2.50. The monoisotopic (exact) mass is 375 g/mol. The lowest BCUT2D eigenvalue weighted by molar-refractivity contribution is -0.127. The smallest absolute Gasteiger partial charge is 0.260 e. The average Bonchev–Trinajstić information content (AvgIpc) is 2.56. The number of carbonyl (C=O) groups is 1. The summed E-state index contributed by atoms with van der Waals surface area (Å²) in [6.07, 6.45) is 1.33. The molecular formula is C19H22BrNO2. The van der Waals surface area contributed by atoms with E-state index in [2.05, 4.69) is 33.4 Å². The third-order valence-corrected chi connectivity index (χ3v) is 4.12. The lowest BCUT2D eigenvalue weighted by Gasteiger charge is -2.19. The molecule has 0 heterocycles. The molecule has 3 nitrogen and oxygen atoms in total. The van der Waals surface area contributed by atoms with Gasteiger partial charge in [-0.25, -0.2) is 0 Å². The first-order valence-corrected chi connectivity index (χ1v) is 8.60. The molecule has 0 radical (unpaired) electrons. The van der Waals surface area contributed by atoms with Crippen LogP contribution in [0, 0.1) is 0 Å². The van der Waals surface area contributed by atoms with E-state index in [0.717, 1.165) is 17.3 Å². The molecule has 0 aliphatic rings.